The maximum absolute atomic E-state index is 14.0. The molecule has 0 radical (unpaired) electrons. The van der Waals surface area contributed by atoms with E-state index in [-0.39, 0.29) is 41.3 Å². The third-order valence-corrected chi connectivity index (χ3v) is 10.0. The SMILES string of the molecule is CC(=N)C(=NO)C(=O)N[C@H](C(=O)Nc1ccc2c(c1)CC(c1ccc(F)cc1)(N1C[C@@H](C(C)C)NC1=O)C2)C(C1CC1)C1CC1. The molecule has 2 aromatic rings. The van der Waals surface area contributed by atoms with Crippen LogP contribution in [0.2, 0.25) is 0 Å². The van der Waals surface area contributed by atoms with Crippen LogP contribution in [0.25, 0.3) is 0 Å². The van der Waals surface area contributed by atoms with Gasteiger partial charge in [-0.15, -0.1) is 0 Å². The minimum atomic E-state index is -0.846. The van der Waals surface area contributed by atoms with Gasteiger partial charge >= 0.3 is 6.03 Å². The summed E-state index contributed by atoms with van der Waals surface area (Å²) in [4.78, 5) is 42.1. The number of urea groups is 1. The van der Waals surface area contributed by atoms with Gasteiger partial charge in [0, 0.05) is 25.1 Å². The molecule has 1 unspecified atom stereocenters. The van der Waals surface area contributed by atoms with Gasteiger partial charge in [-0.1, -0.05) is 37.2 Å². The Bertz CT molecular complexity index is 1540. The van der Waals surface area contributed by atoms with Gasteiger partial charge in [0.2, 0.25) is 5.91 Å². The zero-order valence-electron chi connectivity index (χ0n) is 25.9. The fraction of sp³-hybridized carbons (Fsp3) is 0.500. The average molecular weight is 617 g/mol. The summed E-state index contributed by atoms with van der Waals surface area (Å²) in [5.74, 6) is -0.565. The molecule has 238 valence electrons. The molecule has 11 heteroatoms. The summed E-state index contributed by atoms with van der Waals surface area (Å²) in [6, 6.07) is 11.1. The number of rotatable bonds is 11. The maximum atomic E-state index is 14.0. The summed E-state index contributed by atoms with van der Waals surface area (Å²) >= 11 is 0. The van der Waals surface area contributed by atoms with Crippen molar-refractivity contribution in [1.82, 2.24) is 15.5 Å². The van der Waals surface area contributed by atoms with E-state index in [0.717, 1.165) is 42.4 Å². The first-order valence-electron chi connectivity index (χ1n) is 15.9. The molecular weight excluding hydrogens is 575 g/mol. The monoisotopic (exact) mass is 616 g/mol. The lowest BCUT2D eigenvalue weighted by atomic mass is 9.84. The summed E-state index contributed by atoms with van der Waals surface area (Å²) in [5, 5.41) is 29.1. The second-order valence-electron chi connectivity index (χ2n) is 13.6. The van der Waals surface area contributed by atoms with Gasteiger partial charge in [-0.25, -0.2) is 9.18 Å². The Morgan fingerprint density at radius 1 is 1.07 bits per heavy atom. The predicted molar refractivity (Wildman–Crippen MR) is 168 cm³/mol. The Morgan fingerprint density at radius 2 is 1.71 bits per heavy atom. The van der Waals surface area contributed by atoms with Gasteiger partial charge in [-0.2, -0.15) is 0 Å². The highest BCUT2D eigenvalue weighted by molar-refractivity contribution is 6.65. The first-order valence-corrected chi connectivity index (χ1v) is 15.9. The first-order chi connectivity index (χ1) is 21.5. The van der Waals surface area contributed by atoms with Crippen molar-refractivity contribution in [2.45, 2.75) is 76.9 Å². The van der Waals surface area contributed by atoms with Gasteiger partial charge in [-0.05, 0) is 97.2 Å². The maximum Gasteiger partial charge on any atom is 0.318 e. The molecule has 3 fully saturated rings. The lowest BCUT2D eigenvalue weighted by molar-refractivity contribution is -0.124. The summed E-state index contributed by atoms with van der Waals surface area (Å²) < 4.78 is 14.0. The van der Waals surface area contributed by atoms with Gasteiger partial charge < -0.3 is 31.5 Å². The van der Waals surface area contributed by atoms with Crippen LogP contribution in [-0.4, -0.2) is 58.0 Å². The van der Waals surface area contributed by atoms with Crippen molar-refractivity contribution >= 4 is 35.0 Å². The Kier molecular flexibility index (Phi) is 8.13. The van der Waals surface area contributed by atoms with Gasteiger partial charge in [-0.3, -0.25) is 9.59 Å². The minimum absolute atomic E-state index is 0.000701. The number of hydrogen-bond acceptors (Lipinski definition) is 6. The average Bonchev–Trinajstić information content (AvgIpc) is 3.93. The fourth-order valence-corrected chi connectivity index (χ4v) is 7.30. The number of oxime groups is 1. The van der Waals surface area contributed by atoms with E-state index in [1.165, 1.54) is 19.1 Å². The first kappa shape index (κ1) is 30.7. The number of nitrogens with zero attached hydrogens (tertiary/aromatic N) is 2. The molecule has 1 saturated heterocycles. The molecule has 0 spiro atoms. The van der Waals surface area contributed by atoms with E-state index in [0.29, 0.717) is 36.9 Å². The van der Waals surface area contributed by atoms with E-state index >= 15 is 0 Å². The summed E-state index contributed by atoms with van der Waals surface area (Å²) in [6.07, 6.45) is 5.04. The lowest BCUT2D eigenvalue weighted by Crippen LogP contribution is -2.52. The number of benzene rings is 2. The zero-order chi connectivity index (χ0) is 32.0. The second-order valence-corrected chi connectivity index (χ2v) is 13.6. The molecule has 45 heavy (non-hydrogen) atoms. The second kappa shape index (κ2) is 11.9. The van der Waals surface area contributed by atoms with Crippen molar-refractivity contribution < 1.29 is 24.0 Å². The molecule has 0 bridgehead atoms. The number of nitrogens with one attached hydrogen (secondary N) is 4. The number of carbonyl (C=O) groups excluding carboxylic acids is 3. The van der Waals surface area contributed by atoms with Gasteiger partial charge in [0.05, 0.1) is 17.3 Å². The summed E-state index contributed by atoms with van der Waals surface area (Å²) in [6.45, 7) is 6.04. The molecule has 3 atom stereocenters. The van der Waals surface area contributed by atoms with Crippen LogP contribution in [0.3, 0.4) is 0 Å². The van der Waals surface area contributed by atoms with Gasteiger partial charge in [0.25, 0.3) is 5.91 Å². The Labute approximate surface area is 262 Å². The number of amides is 4. The molecule has 1 heterocycles. The summed E-state index contributed by atoms with van der Waals surface area (Å²) in [7, 11) is 0. The molecule has 1 aliphatic heterocycles. The molecule has 0 aromatic heterocycles. The van der Waals surface area contributed by atoms with Crippen LogP contribution in [0.5, 0.6) is 0 Å². The van der Waals surface area contributed by atoms with E-state index in [1.807, 2.05) is 23.1 Å². The number of anilines is 1. The van der Waals surface area contributed by atoms with Crippen molar-refractivity contribution in [1.29, 1.82) is 5.41 Å². The number of hydrogen-bond donors (Lipinski definition) is 5. The van der Waals surface area contributed by atoms with Crippen LogP contribution in [-0.2, 0) is 28.0 Å². The van der Waals surface area contributed by atoms with Crippen LogP contribution < -0.4 is 16.0 Å². The molecule has 3 aliphatic carbocycles. The van der Waals surface area contributed by atoms with E-state index < -0.39 is 23.2 Å². The van der Waals surface area contributed by atoms with Crippen molar-refractivity contribution in [3.8, 4) is 0 Å². The molecule has 4 aliphatic rings. The third-order valence-electron chi connectivity index (χ3n) is 10.0. The zero-order valence-corrected chi connectivity index (χ0v) is 25.9. The third kappa shape index (κ3) is 6.04. The Balaban J connectivity index is 1.27. The molecule has 10 nitrogen and oxygen atoms in total. The number of halogens is 1. The number of carbonyl (C=O) groups is 3. The van der Waals surface area contributed by atoms with Gasteiger partial charge in [0.1, 0.15) is 11.9 Å². The van der Waals surface area contributed by atoms with Crippen LogP contribution in [0.4, 0.5) is 14.9 Å². The molecule has 5 N–H and O–H groups in total. The van der Waals surface area contributed by atoms with Crippen LogP contribution in [0.15, 0.2) is 47.6 Å². The number of fused-ring (bicyclic) bond motifs is 1. The molecular formula is C34H41FN6O4. The van der Waals surface area contributed by atoms with Crippen molar-refractivity contribution in [2.75, 3.05) is 11.9 Å². The molecule has 6 rings (SSSR count). The van der Waals surface area contributed by atoms with E-state index in [1.54, 1.807) is 12.1 Å². The Hall–Kier alpha value is -4.28. The highest BCUT2D eigenvalue weighted by Gasteiger charge is 2.51. The lowest BCUT2D eigenvalue weighted by Gasteiger charge is -2.39. The molecule has 2 saturated carbocycles. The van der Waals surface area contributed by atoms with E-state index in [4.69, 9.17) is 5.41 Å². The van der Waals surface area contributed by atoms with Crippen molar-refractivity contribution in [3.05, 3.63) is 65.0 Å². The van der Waals surface area contributed by atoms with Gasteiger partial charge in [0.15, 0.2) is 5.71 Å². The highest BCUT2D eigenvalue weighted by Crippen LogP contribution is 2.51. The van der Waals surface area contributed by atoms with Crippen LogP contribution in [0, 0.1) is 34.9 Å². The Morgan fingerprint density at radius 3 is 2.27 bits per heavy atom. The normalized spacial score (nSPS) is 23.6. The van der Waals surface area contributed by atoms with Crippen LogP contribution in [0.1, 0.15) is 63.1 Å². The topological polar surface area (TPSA) is 147 Å². The van der Waals surface area contributed by atoms with Crippen LogP contribution >= 0.6 is 0 Å². The molecule has 4 amide bonds. The predicted octanol–water partition coefficient (Wildman–Crippen LogP) is 4.60. The quantitative estimate of drug-likeness (QED) is 0.143. The summed E-state index contributed by atoms with van der Waals surface area (Å²) in [5.41, 5.74) is 2.12. The highest BCUT2D eigenvalue weighted by atomic mass is 19.1. The molecule has 2 aromatic carbocycles. The minimum Gasteiger partial charge on any atom is -0.410 e. The van der Waals surface area contributed by atoms with E-state index in [9.17, 15) is 24.0 Å². The smallest absolute Gasteiger partial charge is 0.318 e. The fourth-order valence-electron chi connectivity index (χ4n) is 7.30. The standard InChI is InChI=1S/C34H41FN6O4/c1-18(2)27-17-41(33(44)38-27)34(24-9-11-25(35)12-10-24)15-22-8-13-26(14-23(22)16-34)37-32(43)30(28(20-4-5-20)21-6-7-21)39-31(42)29(40-45)19(3)36/h8-14,18,20-21,27-28,30,36,45H,4-7,15-17H2,1-3H3,(H,37,43)(H,38,44)(H,39,42)/t27-,30-,34?/m0/s1. The largest absolute Gasteiger partial charge is 0.410 e. The van der Waals surface area contributed by atoms with E-state index in [2.05, 4.69) is 35.0 Å². The van der Waals surface area contributed by atoms with Crippen molar-refractivity contribution in [2.24, 2.45) is 28.8 Å². The van der Waals surface area contributed by atoms with Crippen molar-refractivity contribution in [3.63, 3.8) is 0 Å².